The van der Waals surface area contributed by atoms with Crippen LogP contribution in [-0.4, -0.2) is 139 Å². The number of hydrogen-bond acceptors (Lipinski definition) is 13. The molecule has 7 amide bonds. The molecule has 1 aliphatic rings. The van der Waals surface area contributed by atoms with Crippen LogP contribution < -0.4 is 31.9 Å². The number of amides is 7. The Morgan fingerprint density at radius 2 is 1.51 bits per heavy atom. The van der Waals surface area contributed by atoms with Gasteiger partial charge in [-0.25, -0.2) is 13.6 Å². The van der Waals surface area contributed by atoms with Crippen LogP contribution in [0.2, 0.25) is 0 Å². The van der Waals surface area contributed by atoms with Gasteiger partial charge in [0.2, 0.25) is 29.5 Å². The van der Waals surface area contributed by atoms with Gasteiger partial charge >= 0.3 is 17.9 Å². The fourth-order valence-electron chi connectivity index (χ4n) is 6.73. The highest BCUT2D eigenvalue weighted by atomic mass is 19.3. The largest absolute Gasteiger partial charge is 0.481 e. The van der Waals surface area contributed by atoms with Gasteiger partial charge in [0.15, 0.2) is 0 Å². The average Bonchev–Trinajstić information content (AvgIpc) is 3.61. The third kappa shape index (κ3) is 15.8. The predicted octanol–water partition coefficient (Wildman–Crippen LogP) is 0.317. The molecule has 1 saturated heterocycles. The van der Waals surface area contributed by atoms with Gasteiger partial charge in [0.1, 0.15) is 24.2 Å². The van der Waals surface area contributed by atoms with Gasteiger partial charge in [-0.05, 0) is 49.9 Å². The van der Waals surface area contributed by atoms with E-state index in [0.29, 0.717) is 16.9 Å². The Hall–Kier alpha value is -8.17. The van der Waals surface area contributed by atoms with E-state index < -0.39 is 141 Å². The number of carboxylic acids is 3. The van der Waals surface area contributed by atoms with E-state index in [9.17, 15) is 77.3 Å². The summed E-state index contributed by atoms with van der Waals surface area (Å²) in [7, 11) is 0. The number of unbranched alkanes of at least 4 members (excludes halogenated alkanes) is 1. The monoisotopic (exact) mass is 936 g/mol. The molecule has 67 heavy (non-hydrogen) atoms. The number of aliphatic carboxylic acids is 3. The lowest BCUT2D eigenvalue weighted by atomic mass is 10.1. The topological polar surface area (TPSA) is 356 Å². The molecule has 356 valence electrons. The van der Waals surface area contributed by atoms with Gasteiger partial charge in [0.25, 0.3) is 17.7 Å². The zero-order chi connectivity index (χ0) is 49.3. The van der Waals surface area contributed by atoms with Crippen molar-refractivity contribution in [3.05, 3.63) is 66.1 Å². The van der Waals surface area contributed by atoms with Crippen LogP contribution in [0.1, 0.15) is 78.5 Å². The van der Waals surface area contributed by atoms with Crippen molar-refractivity contribution in [3.8, 4) is 6.07 Å². The number of carbonyl (C=O) groups is 10. The van der Waals surface area contributed by atoms with E-state index in [-0.39, 0.29) is 41.5 Å². The lowest BCUT2D eigenvalue weighted by Gasteiger charge is -2.23. The minimum absolute atomic E-state index is 0.0103. The van der Waals surface area contributed by atoms with Gasteiger partial charge in [-0.3, -0.25) is 53.1 Å². The van der Waals surface area contributed by atoms with Crippen LogP contribution in [0, 0.1) is 11.3 Å². The van der Waals surface area contributed by atoms with Crippen molar-refractivity contribution in [3.63, 3.8) is 0 Å². The van der Waals surface area contributed by atoms with Gasteiger partial charge in [-0.15, -0.1) is 0 Å². The second-order valence-electron chi connectivity index (χ2n) is 15.1. The van der Waals surface area contributed by atoms with Crippen molar-refractivity contribution in [1.82, 2.24) is 41.5 Å². The Balaban J connectivity index is 1.32. The number of rotatable bonds is 24. The van der Waals surface area contributed by atoms with E-state index in [1.807, 2.05) is 0 Å². The summed E-state index contributed by atoms with van der Waals surface area (Å²) in [5.74, 6) is -13.9. The fourth-order valence-corrected chi connectivity index (χ4v) is 6.73. The zero-order valence-electron chi connectivity index (χ0n) is 35.5. The number of nitriles is 1. The van der Waals surface area contributed by atoms with E-state index >= 15 is 0 Å². The summed E-state index contributed by atoms with van der Waals surface area (Å²) >= 11 is 0. The highest BCUT2D eigenvalue weighted by Gasteiger charge is 2.47. The first-order valence-electron chi connectivity index (χ1n) is 20.6. The maximum absolute atomic E-state index is 13.8. The van der Waals surface area contributed by atoms with E-state index in [4.69, 9.17) is 0 Å². The Labute approximate surface area is 379 Å². The zero-order valence-corrected chi connectivity index (χ0v) is 35.5. The molecule has 1 aliphatic heterocycles. The molecular weight excluding hydrogens is 891 g/mol. The van der Waals surface area contributed by atoms with Crippen molar-refractivity contribution in [1.29, 1.82) is 5.26 Å². The number of likely N-dealkylation sites (tertiary alicyclic amines) is 1. The molecule has 3 aromatic rings. The molecule has 9 N–H and O–H groups in total. The lowest BCUT2D eigenvalue weighted by molar-refractivity contribution is -0.143. The van der Waals surface area contributed by atoms with Gasteiger partial charge < -0.3 is 52.1 Å². The predicted molar refractivity (Wildman–Crippen MR) is 226 cm³/mol. The molecule has 25 heteroatoms. The van der Waals surface area contributed by atoms with Crippen molar-refractivity contribution in [2.24, 2.45) is 0 Å². The van der Waals surface area contributed by atoms with E-state index in [1.165, 1.54) is 42.9 Å². The van der Waals surface area contributed by atoms with E-state index in [1.54, 1.807) is 18.2 Å². The molecule has 1 aromatic carbocycles. The normalized spacial score (nSPS) is 15.1. The molecular formula is C42H46F2N10O13. The number of anilines is 1. The quantitative estimate of drug-likeness (QED) is 0.0546. The number of fused-ring (bicyclic) bond motifs is 1. The van der Waals surface area contributed by atoms with E-state index in [2.05, 4.69) is 41.9 Å². The smallest absolute Gasteiger partial charge is 0.326 e. The van der Waals surface area contributed by atoms with Crippen LogP contribution in [0.3, 0.4) is 0 Å². The maximum atomic E-state index is 13.8. The Morgan fingerprint density at radius 1 is 0.791 bits per heavy atom. The van der Waals surface area contributed by atoms with Crippen molar-refractivity contribution in [2.75, 3.05) is 25.0 Å². The number of hydrogen-bond donors (Lipinski definition) is 9. The van der Waals surface area contributed by atoms with Gasteiger partial charge in [-0.1, -0.05) is 12.1 Å². The minimum atomic E-state index is -3.26. The second kappa shape index (κ2) is 24.2. The van der Waals surface area contributed by atoms with Gasteiger partial charge in [0.05, 0.1) is 47.9 Å². The average molecular weight is 937 g/mol. The molecule has 1 fully saturated rings. The molecule has 4 rings (SSSR count). The number of nitrogens with one attached hydrogen (secondary N) is 6. The number of carboxylic acid groups (broad SMARTS) is 3. The van der Waals surface area contributed by atoms with E-state index in [0.717, 1.165) is 0 Å². The van der Waals surface area contributed by atoms with Crippen molar-refractivity contribution in [2.45, 2.75) is 87.9 Å². The Kier molecular flexibility index (Phi) is 18.6. The number of carbonyl (C=O) groups excluding carboxylic acids is 7. The number of alkyl halides is 2. The summed E-state index contributed by atoms with van der Waals surface area (Å²) in [5.41, 5.74) is 0.486. The molecule has 0 radical (unpaired) electrons. The van der Waals surface area contributed by atoms with Crippen LogP contribution >= 0.6 is 0 Å². The third-order valence-corrected chi connectivity index (χ3v) is 10.1. The molecule has 0 bridgehead atoms. The summed E-state index contributed by atoms with van der Waals surface area (Å²) < 4.78 is 27.7. The Bertz CT molecular complexity index is 2420. The van der Waals surface area contributed by atoms with Crippen molar-refractivity contribution < 1.29 is 72.0 Å². The summed E-state index contributed by atoms with van der Waals surface area (Å²) in [6, 6.07) is 3.97. The van der Waals surface area contributed by atoms with Crippen LogP contribution in [0.15, 0.2) is 55.0 Å². The number of benzene rings is 1. The highest BCUT2D eigenvalue weighted by molar-refractivity contribution is 6.11. The Morgan fingerprint density at radius 3 is 2.18 bits per heavy atom. The first-order chi connectivity index (χ1) is 31.8. The molecule has 2 aromatic heterocycles. The summed E-state index contributed by atoms with van der Waals surface area (Å²) in [4.78, 5) is 134. The molecule has 0 unspecified atom stereocenters. The fraction of sp³-hybridized carbons (Fsp3) is 0.405. The molecule has 0 spiro atoms. The van der Waals surface area contributed by atoms with Crippen LogP contribution in [-0.2, 0) is 38.4 Å². The van der Waals surface area contributed by atoms with Crippen LogP contribution in [0.25, 0.3) is 10.9 Å². The molecule has 4 atom stereocenters. The standard InChI is InChI=1S/C42H46F2N10O13/c43-42(44)18-24(19-45)54(22-42)33(57)21-49-38(63)26-13-16-47-36-25(26)6-3-8-27(36)50-31(55)10-11-32(56)51-28(9-12-34(58)59)39(64)53-30(17-35(60)61)40(65)52-29(41(66)67)7-1-2-15-48-37(62)23-5-4-14-46-20-23/h3-6,8,13-14,16,20,24,28-30H,1-2,7,9-12,15,17-18,21-22H2,(H,48,62)(H,49,63)(H,50,55)(H,51,56)(H,52,65)(H,53,64)(H,58,59)(H,60,61)(H,66,67)/t24-,28+,29-,30+/m0/s1. The number of aromatic nitrogens is 2. The molecule has 0 saturated carbocycles. The summed E-state index contributed by atoms with van der Waals surface area (Å²) in [5, 5.41) is 51.9. The summed E-state index contributed by atoms with van der Waals surface area (Å²) in [6.45, 7) is -1.51. The summed E-state index contributed by atoms with van der Waals surface area (Å²) in [6.07, 6.45) is 0.215. The molecule has 23 nitrogen and oxygen atoms in total. The SMILES string of the molecule is N#C[C@@H]1CC(F)(F)CN1C(=O)CNC(=O)c1ccnc2c(NC(=O)CCC(=O)N[C@H](CCC(=O)O)C(=O)N[C@H](CC(=O)O)C(=O)N[C@@H](CCCCNC(=O)c3cccnc3)C(=O)O)cccc12. The number of nitrogens with zero attached hydrogens (tertiary/aromatic N) is 4. The third-order valence-electron chi connectivity index (χ3n) is 10.1. The molecule has 0 aliphatic carbocycles. The van der Waals surface area contributed by atoms with Crippen molar-refractivity contribution >= 4 is 75.8 Å². The second-order valence-corrected chi connectivity index (χ2v) is 15.1. The minimum Gasteiger partial charge on any atom is -0.481 e. The molecule has 3 heterocycles. The lowest BCUT2D eigenvalue weighted by Crippen LogP contribution is -2.56. The first kappa shape index (κ1) is 51.5. The maximum Gasteiger partial charge on any atom is 0.326 e. The number of para-hydroxylation sites is 1. The number of pyridine rings is 2. The highest BCUT2D eigenvalue weighted by Crippen LogP contribution is 2.31. The number of halogens is 2. The van der Waals surface area contributed by atoms with Crippen LogP contribution in [0.4, 0.5) is 14.5 Å². The van der Waals surface area contributed by atoms with Gasteiger partial charge in [-0.2, -0.15) is 5.26 Å². The first-order valence-corrected chi connectivity index (χ1v) is 20.6. The van der Waals surface area contributed by atoms with Crippen LogP contribution in [0.5, 0.6) is 0 Å². The van der Waals surface area contributed by atoms with Gasteiger partial charge in [0, 0.05) is 56.2 Å².